The van der Waals surface area contributed by atoms with Crippen LogP contribution in [0.5, 0.6) is 0 Å². The summed E-state index contributed by atoms with van der Waals surface area (Å²) in [5, 5.41) is 23.1. The predicted octanol–water partition coefficient (Wildman–Crippen LogP) is 3.78. The van der Waals surface area contributed by atoms with Crippen molar-refractivity contribution >= 4 is 52.4 Å². The molecular formula is C33H33ClNNaO3S. The molecular weight excluding hydrogens is 549 g/mol. The third kappa shape index (κ3) is 9.47. The van der Waals surface area contributed by atoms with Gasteiger partial charge >= 0.3 is 29.6 Å². The number of aromatic nitrogens is 1. The van der Waals surface area contributed by atoms with Crippen LogP contribution in [0.15, 0.2) is 78.9 Å². The number of nitrogens with zero attached hydrogens (tertiary/aromatic N) is 1. The molecule has 0 aliphatic rings. The van der Waals surface area contributed by atoms with Crippen molar-refractivity contribution in [3.05, 3.63) is 112 Å². The average Bonchev–Trinajstić information content (AvgIpc) is 2.92. The zero-order valence-electron chi connectivity index (χ0n) is 23.2. The molecule has 0 saturated heterocycles. The summed E-state index contributed by atoms with van der Waals surface area (Å²) in [7, 11) is 0. The van der Waals surface area contributed by atoms with Crippen molar-refractivity contribution < 1.29 is 44.6 Å². The van der Waals surface area contributed by atoms with Gasteiger partial charge in [0.25, 0.3) is 0 Å². The molecule has 0 radical (unpaired) electrons. The molecule has 1 N–H and O–H groups in total. The molecule has 0 saturated carbocycles. The van der Waals surface area contributed by atoms with Gasteiger partial charge in [0.2, 0.25) is 0 Å². The Balaban J connectivity index is 0.00000441. The van der Waals surface area contributed by atoms with Crippen LogP contribution in [0.2, 0.25) is 5.02 Å². The second kappa shape index (κ2) is 15.8. The van der Waals surface area contributed by atoms with Gasteiger partial charge in [0.15, 0.2) is 0 Å². The number of aliphatic hydroxyl groups is 1. The van der Waals surface area contributed by atoms with E-state index in [2.05, 4.69) is 30.3 Å². The van der Waals surface area contributed by atoms with Gasteiger partial charge in [0.1, 0.15) is 0 Å². The van der Waals surface area contributed by atoms with Gasteiger partial charge in [0, 0.05) is 33.3 Å². The number of carbonyl (C=O) groups excluding carboxylic acids is 1. The zero-order valence-corrected chi connectivity index (χ0v) is 26.8. The van der Waals surface area contributed by atoms with Crippen molar-refractivity contribution in [3.8, 4) is 0 Å². The molecule has 4 nitrogen and oxygen atoms in total. The van der Waals surface area contributed by atoms with Crippen molar-refractivity contribution in [1.82, 2.24) is 4.98 Å². The van der Waals surface area contributed by atoms with Crippen molar-refractivity contribution in [3.63, 3.8) is 0 Å². The van der Waals surface area contributed by atoms with Gasteiger partial charge < -0.3 is 15.0 Å². The Morgan fingerprint density at radius 2 is 1.75 bits per heavy atom. The normalized spacial score (nSPS) is 13.6. The van der Waals surface area contributed by atoms with E-state index < -0.39 is 18.0 Å². The molecule has 202 valence electrons. The molecule has 0 spiro atoms. The van der Waals surface area contributed by atoms with Gasteiger partial charge in [-0.1, -0.05) is 85.3 Å². The first-order valence-electron chi connectivity index (χ1n) is 13.2. The van der Waals surface area contributed by atoms with Crippen molar-refractivity contribution in [2.24, 2.45) is 5.92 Å². The van der Waals surface area contributed by atoms with E-state index in [0.29, 0.717) is 17.2 Å². The van der Waals surface area contributed by atoms with Gasteiger partial charge in [-0.25, -0.2) is 4.98 Å². The van der Waals surface area contributed by atoms with Crippen LogP contribution < -0.4 is 34.7 Å². The van der Waals surface area contributed by atoms with Crippen LogP contribution in [0.25, 0.3) is 23.1 Å². The zero-order chi connectivity index (χ0) is 27.8. The average molecular weight is 582 g/mol. The van der Waals surface area contributed by atoms with E-state index in [-0.39, 0.29) is 34.8 Å². The Hall–Kier alpha value is -2.12. The molecule has 3 unspecified atom stereocenters. The van der Waals surface area contributed by atoms with E-state index in [0.717, 1.165) is 46.1 Å². The molecule has 0 fully saturated rings. The van der Waals surface area contributed by atoms with Crippen LogP contribution >= 0.6 is 23.4 Å². The van der Waals surface area contributed by atoms with Crippen LogP contribution in [0.1, 0.15) is 53.5 Å². The summed E-state index contributed by atoms with van der Waals surface area (Å²) in [6.07, 6.45) is 5.94. The first-order chi connectivity index (χ1) is 18.8. The maximum atomic E-state index is 11.4. The summed E-state index contributed by atoms with van der Waals surface area (Å²) in [4.78, 5) is 16.1. The summed E-state index contributed by atoms with van der Waals surface area (Å²) < 4.78 is 0. The second-order valence-electron chi connectivity index (χ2n) is 9.98. The van der Waals surface area contributed by atoms with E-state index in [4.69, 9.17) is 16.6 Å². The Labute approximate surface area is 268 Å². The summed E-state index contributed by atoms with van der Waals surface area (Å²) in [6, 6.07) is 26.3. The number of aryl methyl sites for hydroxylation is 1. The van der Waals surface area contributed by atoms with Crippen LogP contribution in [0.4, 0.5) is 0 Å². The number of carbonyl (C=O) groups is 1. The molecule has 4 aromatic rings. The van der Waals surface area contributed by atoms with Crippen LogP contribution in [0, 0.1) is 5.92 Å². The van der Waals surface area contributed by atoms with Crippen molar-refractivity contribution in [2.75, 3.05) is 5.75 Å². The number of halogens is 1. The number of aliphatic carboxylic acids is 1. The van der Waals surface area contributed by atoms with E-state index in [1.54, 1.807) is 25.6 Å². The fraction of sp³-hybridized carbons (Fsp3) is 0.273. The largest absolute Gasteiger partial charge is 1.00 e. The molecule has 3 atom stereocenters. The Morgan fingerprint density at radius 3 is 2.50 bits per heavy atom. The van der Waals surface area contributed by atoms with Gasteiger partial charge in [-0.15, -0.1) is 0 Å². The first kappa shape index (κ1) is 32.4. The Kier molecular flexibility index (Phi) is 12.8. The number of benzene rings is 3. The standard InChI is InChI=1S/C33H34ClNO3S.Na/c1-22(33(37)38)21-39-32(17-13-25-7-3-4-8-27(25)18-23(2)36)28-9-5-6-24(19-28)10-15-30-16-12-26-11-14-29(34)20-31(26)35-30;/h3-12,14-16,19-20,22-23,32,36H,13,17-18,21H2,1-2H3,(H,37,38);/q;+1/p-1. The van der Waals surface area contributed by atoms with Gasteiger partial charge in [0.05, 0.1) is 17.3 Å². The van der Waals surface area contributed by atoms with Crippen LogP contribution in [-0.4, -0.2) is 27.9 Å². The second-order valence-corrected chi connectivity index (χ2v) is 11.7. The van der Waals surface area contributed by atoms with Crippen LogP contribution in [-0.2, 0) is 17.6 Å². The summed E-state index contributed by atoms with van der Waals surface area (Å²) in [5.41, 5.74) is 6.27. The van der Waals surface area contributed by atoms with E-state index in [9.17, 15) is 15.0 Å². The van der Waals surface area contributed by atoms with Crippen molar-refractivity contribution in [2.45, 2.75) is 44.5 Å². The molecule has 0 amide bonds. The van der Waals surface area contributed by atoms with E-state index >= 15 is 0 Å². The number of hydrogen-bond acceptors (Lipinski definition) is 5. The first-order valence-corrected chi connectivity index (χ1v) is 14.6. The van der Waals surface area contributed by atoms with E-state index in [1.807, 2.05) is 60.7 Å². The minimum absolute atomic E-state index is 0. The van der Waals surface area contributed by atoms with E-state index in [1.165, 1.54) is 5.56 Å². The number of aliphatic hydroxyl groups excluding tert-OH is 1. The summed E-state index contributed by atoms with van der Waals surface area (Å²) >= 11 is 7.80. The van der Waals surface area contributed by atoms with Crippen LogP contribution in [0.3, 0.4) is 0 Å². The number of thioether (sulfide) groups is 1. The maximum Gasteiger partial charge on any atom is 1.00 e. The fourth-order valence-electron chi connectivity index (χ4n) is 4.52. The van der Waals surface area contributed by atoms with Gasteiger partial charge in [-0.2, -0.15) is 11.8 Å². The summed E-state index contributed by atoms with van der Waals surface area (Å²) in [6.45, 7) is 3.50. The maximum absolute atomic E-state index is 11.4. The third-order valence-corrected chi connectivity index (χ3v) is 8.50. The van der Waals surface area contributed by atoms with Gasteiger partial charge in [-0.3, -0.25) is 0 Å². The minimum atomic E-state index is -1.02. The number of fused-ring (bicyclic) bond motifs is 1. The topological polar surface area (TPSA) is 73.2 Å². The molecule has 40 heavy (non-hydrogen) atoms. The molecule has 3 aromatic carbocycles. The monoisotopic (exact) mass is 581 g/mol. The molecule has 1 heterocycles. The quantitative estimate of drug-likeness (QED) is 0.258. The van der Waals surface area contributed by atoms with Crippen molar-refractivity contribution in [1.29, 1.82) is 0 Å². The number of hydrogen-bond donors (Lipinski definition) is 1. The Morgan fingerprint density at radius 1 is 1.00 bits per heavy atom. The molecule has 7 heteroatoms. The third-order valence-electron chi connectivity index (χ3n) is 6.66. The SMILES string of the molecule is CC(O)Cc1ccccc1CCC(SCC(C)C(=O)[O-])c1cccc(C=Cc2ccc3ccc(Cl)cc3n2)c1.[Na+]. The minimum Gasteiger partial charge on any atom is -0.550 e. The fourth-order valence-corrected chi connectivity index (χ4v) is 5.97. The Bertz CT molecular complexity index is 1460. The molecule has 4 rings (SSSR count). The predicted molar refractivity (Wildman–Crippen MR) is 162 cm³/mol. The summed E-state index contributed by atoms with van der Waals surface area (Å²) in [5.74, 6) is -1.08. The molecule has 0 bridgehead atoms. The molecule has 1 aromatic heterocycles. The van der Waals surface area contributed by atoms with Gasteiger partial charge in [-0.05, 0) is 72.7 Å². The number of carboxylic acids is 1. The molecule has 0 aliphatic carbocycles. The number of rotatable bonds is 12. The molecule has 0 aliphatic heterocycles. The number of carboxylic acid groups (broad SMARTS) is 1. The smallest absolute Gasteiger partial charge is 0.550 e. The number of pyridine rings is 1.